The van der Waals surface area contributed by atoms with Gasteiger partial charge in [-0.25, -0.2) is 4.98 Å². The number of anilines is 2. The van der Waals surface area contributed by atoms with Crippen molar-refractivity contribution in [2.45, 2.75) is 18.8 Å². The molecule has 1 aliphatic carbocycles. The normalized spacial score (nSPS) is 14.6. The maximum atomic E-state index is 5.91. The van der Waals surface area contributed by atoms with E-state index in [1.54, 1.807) is 12.3 Å². The molecule has 1 N–H and O–H groups in total. The number of benzene rings is 1. The van der Waals surface area contributed by atoms with Gasteiger partial charge in [-0.15, -0.1) is 0 Å². The summed E-state index contributed by atoms with van der Waals surface area (Å²) >= 11 is 5.91. The van der Waals surface area contributed by atoms with Gasteiger partial charge in [-0.1, -0.05) is 23.7 Å². The topological polar surface area (TPSA) is 24.9 Å². The lowest BCUT2D eigenvalue weighted by molar-refractivity contribution is 1.13. The SMILES string of the molecule is Clc1ccnc(Nc2ccc(C3CC3)cc2)c1. The average molecular weight is 245 g/mol. The van der Waals surface area contributed by atoms with Gasteiger partial charge in [-0.05, 0) is 48.6 Å². The molecule has 0 bridgehead atoms. The molecule has 0 saturated heterocycles. The lowest BCUT2D eigenvalue weighted by Gasteiger charge is -2.06. The van der Waals surface area contributed by atoms with Gasteiger partial charge in [0.2, 0.25) is 0 Å². The third kappa shape index (κ3) is 2.59. The van der Waals surface area contributed by atoms with Gasteiger partial charge >= 0.3 is 0 Å². The van der Waals surface area contributed by atoms with Crippen molar-refractivity contribution in [2.75, 3.05) is 5.32 Å². The second-order valence-corrected chi connectivity index (χ2v) is 4.82. The van der Waals surface area contributed by atoms with Crippen molar-refractivity contribution in [3.8, 4) is 0 Å². The zero-order valence-corrected chi connectivity index (χ0v) is 10.1. The molecule has 1 saturated carbocycles. The summed E-state index contributed by atoms with van der Waals surface area (Å²) in [6.07, 6.45) is 4.37. The highest BCUT2D eigenvalue weighted by atomic mass is 35.5. The van der Waals surface area contributed by atoms with Gasteiger partial charge in [0, 0.05) is 16.9 Å². The molecule has 86 valence electrons. The fourth-order valence-electron chi connectivity index (χ4n) is 1.88. The largest absolute Gasteiger partial charge is 0.340 e. The van der Waals surface area contributed by atoms with Crippen molar-refractivity contribution < 1.29 is 0 Å². The molecule has 2 nitrogen and oxygen atoms in total. The molecular weight excluding hydrogens is 232 g/mol. The van der Waals surface area contributed by atoms with Gasteiger partial charge in [-0.3, -0.25) is 0 Å². The Hall–Kier alpha value is -1.54. The third-order valence-corrected chi connectivity index (χ3v) is 3.19. The van der Waals surface area contributed by atoms with Crippen LogP contribution in [-0.4, -0.2) is 4.98 Å². The maximum Gasteiger partial charge on any atom is 0.131 e. The van der Waals surface area contributed by atoms with E-state index in [4.69, 9.17) is 11.6 Å². The first kappa shape index (κ1) is 10.6. The molecule has 3 rings (SSSR count). The first-order valence-corrected chi connectivity index (χ1v) is 6.17. The van der Waals surface area contributed by atoms with Gasteiger partial charge < -0.3 is 5.32 Å². The molecule has 1 aromatic carbocycles. The van der Waals surface area contributed by atoms with E-state index in [1.165, 1.54) is 18.4 Å². The number of aromatic nitrogens is 1. The predicted octanol–water partition coefficient (Wildman–Crippen LogP) is 4.36. The van der Waals surface area contributed by atoms with Crippen molar-refractivity contribution in [2.24, 2.45) is 0 Å². The summed E-state index contributed by atoms with van der Waals surface area (Å²) in [6.45, 7) is 0. The first-order valence-electron chi connectivity index (χ1n) is 5.80. The Morgan fingerprint density at radius 2 is 1.88 bits per heavy atom. The Bertz CT molecular complexity index is 518. The van der Waals surface area contributed by atoms with Crippen LogP contribution in [0.1, 0.15) is 24.3 Å². The van der Waals surface area contributed by atoms with Crippen LogP contribution in [0.5, 0.6) is 0 Å². The molecule has 0 unspecified atom stereocenters. The molecule has 0 radical (unpaired) electrons. The van der Waals surface area contributed by atoms with E-state index in [0.717, 1.165) is 17.4 Å². The molecule has 0 aliphatic heterocycles. The summed E-state index contributed by atoms with van der Waals surface area (Å²) in [5.41, 5.74) is 2.48. The highest BCUT2D eigenvalue weighted by Gasteiger charge is 2.22. The highest BCUT2D eigenvalue weighted by molar-refractivity contribution is 6.30. The number of rotatable bonds is 3. The van der Waals surface area contributed by atoms with Crippen LogP contribution >= 0.6 is 11.6 Å². The minimum Gasteiger partial charge on any atom is -0.340 e. The average Bonchev–Trinajstić information content (AvgIpc) is 3.14. The molecule has 1 fully saturated rings. The lowest BCUT2D eigenvalue weighted by Crippen LogP contribution is -1.93. The number of hydrogen-bond donors (Lipinski definition) is 1. The summed E-state index contributed by atoms with van der Waals surface area (Å²) in [5.74, 6) is 1.57. The van der Waals surface area contributed by atoms with Crippen LogP contribution in [0.2, 0.25) is 5.02 Å². The molecule has 1 aromatic heterocycles. The minimum absolute atomic E-state index is 0.692. The first-order chi connectivity index (χ1) is 8.31. The number of pyridine rings is 1. The Labute approximate surface area is 106 Å². The van der Waals surface area contributed by atoms with E-state index in [9.17, 15) is 0 Å². The molecule has 0 spiro atoms. The van der Waals surface area contributed by atoms with Crippen molar-refractivity contribution in [3.63, 3.8) is 0 Å². The number of hydrogen-bond acceptors (Lipinski definition) is 2. The summed E-state index contributed by atoms with van der Waals surface area (Å²) < 4.78 is 0. The lowest BCUT2D eigenvalue weighted by atomic mass is 10.1. The Kier molecular flexibility index (Phi) is 2.73. The van der Waals surface area contributed by atoms with Crippen molar-refractivity contribution in [1.82, 2.24) is 4.98 Å². The zero-order chi connectivity index (χ0) is 11.7. The fourth-order valence-corrected chi connectivity index (χ4v) is 2.04. The van der Waals surface area contributed by atoms with E-state index in [2.05, 4.69) is 34.6 Å². The Morgan fingerprint density at radius 3 is 2.53 bits per heavy atom. The van der Waals surface area contributed by atoms with Crippen molar-refractivity contribution >= 4 is 23.1 Å². The van der Waals surface area contributed by atoms with E-state index in [1.807, 2.05) is 6.07 Å². The second kappa shape index (κ2) is 4.38. The predicted molar refractivity (Wildman–Crippen MR) is 70.9 cm³/mol. The number of nitrogens with zero attached hydrogens (tertiary/aromatic N) is 1. The van der Waals surface area contributed by atoms with Crippen molar-refractivity contribution in [1.29, 1.82) is 0 Å². The van der Waals surface area contributed by atoms with Crippen LogP contribution in [0.3, 0.4) is 0 Å². The third-order valence-electron chi connectivity index (χ3n) is 2.95. The van der Waals surface area contributed by atoms with Crippen LogP contribution in [0.15, 0.2) is 42.6 Å². The van der Waals surface area contributed by atoms with E-state index in [0.29, 0.717) is 5.02 Å². The smallest absolute Gasteiger partial charge is 0.131 e. The van der Waals surface area contributed by atoms with E-state index >= 15 is 0 Å². The quantitative estimate of drug-likeness (QED) is 0.868. The Morgan fingerprint density at radius 1 is 1.12 bits per heavy atom. The molecule has 1 aliphatic rings. The molecule has 17 heavy (non-hydrogen) atoms. The van der Waals surface area contributed by atoms with Gasteiger partial charge in [0.25, 0.3) is 0 Å². The van der Waals surface area contributed by atoms with E-state index in [-0.39, 0.29) is 0 Å². The van der Waals surface area contributed by atoms with Crippen LogP contribution < -0.4 is 5.32 Å². The van der Waals surface area contributed by atoms with Crippen LogP contribution in [0, 0.1) is 0 Å². The summed E-state index contributed by atoms with van der Waals surface area (Å²) in [7, 11) is 0. The van der Waals surface area contributed by atoms with Crippen LogP contribution in [0.4, 0.5) is 11.5 Å². The highest BCUT2D eigenvalue weighted by Crippen LogP contribution is 2.40. The van der Waals surface area contributed by atoms with Gasteiger partial charge in [0.15, 0.2) is 0 Å². The standard InChI is InChI=1S/C14H13ClN2/c15-12-7-8-16-14(9-12)17-13-5-3-11(4-6-13)10-1-2-10/h3-10H,1-2H2,(H,16,17). The fraction of sp³-hybridized carbons (Fsp3) is 0.214. The van der Waals surface area contributed by atoms with E-state index < -0.39 is 0 Å². The maximum absolute atomic E-state index is 5.91. The zero-order valence-electron chi connectivity index (χ0n) is 9.36. The molecular formula is C14H13ClN2. The van der Waals surface area contributed by atoms with Crippen molar-refractivity contribution in [3.05, 3.63) is 53.2 Å². The molecule has 0 atom stereocenters. The number of halogens is 1. The van der Waals surface area contributed by atoms with Crippen LogP contribution in [-0.2, 0) is 0 Å². The van der Waals surface area contributed by atoms with Gasteiger partial charge in [0.1, 0.15) is 5.82 Å². The second-order valence-electron chi connectivity index (χ2n) is 4.38. The minimum atomic E-state index is 0.692. The summed E-state index contributed by atoms with van der Waals surface area (Å²) in [6, 6.07) is 12.1. The molecule has 1 heterocycles. The Balaban J connectivity index is 1.76. The molecule has 2 aromatic rings. The summed E-state index contributed by atoms with van der Waals surface area (Å²) in [5, 5.41) is 3.93. The molecule has 3 heteroatoms. The monoisotopic (exact) mass is 244 g/mol. The molecule has 0 amide bonds. The number of nitrogens with one attached hydrogen (secondary N) is 1. The van der Waals surface area contributed by atoms with Gasteiger partial charge in [-0.2, -0.15) is 0 Å². The summed E-state index contributed by atoms with van der Waals surface area (Å²) in [4.78, 5) is 4.21. The van der Waals surface area contributed by atoms with Crippen LogP contribution in [0.25, 0.3) is 0 Å². The van der Waals surface area contributed by atoms with Gasteiger partial charge in [0.05, 0.1) is 0 Å².